The van der Waals surface area contributed by atoms with Crippen molar-refractivity contribution >= 4 is 88.0 Å². The molecule has 24 heteroatoms. The predicted octanol–water partition coefficient (Wildman–Crippen LogP) is -5.00. The highest BCUT2D eigenvalue weighted by molar-refractivity contribution is 8.03. The van der Waals surface area contributed by atoms with E-state index in [9.17, 15) is 38.4 Å². The van der Waals surface area contributed by atoms with Crippen LogP contribution in [0, 0.1) is 6.92 Å². The lowest BCUT2D eigenvalue weighted by Gasteiger charge is -2.07. The van der Waals surface area contributed by atoms with Crippen LogP contribution in [0.15, 0.2) is 0 Å². The molecule has 0 spiro atoms. The van der Waals surface area contributed by atoms with E-state index in [1.54, 1.807) is 6.92 Å². The Kier molecular flexibility index (Phi) is 34.6. The van der Waals surface area contributed by atoms with Gasteiger partial charge < -0.3 is 64.3 Å². The molecule has 20 nitrogen and oxygen atoms in total. The molecule has 0 aliphatic rings. The Morgan fingerprint density at radius 1 is 0.604 bits per heavy atom. The molecule has 0 saturated carbocycles. The summed E-state index contributed by atoms with van der Waals surface area (Å²) in [4.78, 5) is 89.6. The van der Waals surface area contributed by atoms with E-state index in [4.69, 9.17) is 25.5 Å². The van der Waals surface area contributed by atoms with Crippen molar-refractivity contribution in [2.45, 2.75) is 6.92 Å². The lowest BCUT2D eigenvalue weighted by molar-refractivity contribution is -0.154. The number of hydrogen-bond donors (Lipinski definition) is 10. The summed E-state index contributed by atoms with van der Waals surface area (Å²) >= 11 is 2.46. The molecule has 0 heterocycles. The van der Waals surface area contributed by atoms with Crippen LogP contribution in [0.1, 0.15) is 6.92 Å². The molecule has 14 N–H and O–H groups in total. The highest BCUT2D eigenvalue weighted by Gasteiger charge is 2.15. The maximum absolute atomic E-state index is 11.4. The monoisotopic (exact) mass is 765 g/mol. The smallest absolute Gasteiger partial charge is 0.400 e. The SMILES string of the molecule is NCCN.[2H]P(CNC(=O)C(=O)NCCN)CSCNC(=O)C(=O)NCCN.[2H]P(CNC(=O)C(=O)OCC)CSCNC(=O)C(=O)OC[CH2+]. The van der Waals surface area contributed by atoms with Crippen molar-refractivity contribution < 1.29 is 47.8 Å². The van der Waals surface area contributed by atoms with E-state index in [-0.39, 0.29) is 63.7 Å². The minimum absolute atomic E-state index is 0.0392. The first-order chi connectivity index (χ1) is 23.7. The number of carbonyl (C=O) groups excluding carboxylic acids is 8. The number of nitrogens with one attached hydrogen (secondary N) is 6. The molecule has 0 bridgehead atoms. The van der Waals surface area contributed by atoms with Crippen molar-refractivity contribution in [3.8, 4) is 0 Å². The molecule has 0 aromatic carbocycles. The third kappa shape index (κ3) is 33.0. The number of hydrogen-bond acceptors (Lipinski definition) is 16. The first-order valence-electron chi connectivity index (χ1n) is 14.9. The van der Waals surface area contributed by atoms with Gasteiger partial charge in [-0.15, -0.1) is 23.5 Å². The van der Waals surface area contributed by atoms with Crippen molar-refractivity contribution in [3.05, 3.63) is 6.92 Å². The van der Waals surface area contributed by atoms with Gasteiger partial charge in [0.15, 0.2) is 0 Å². The third-order valence-electron chi connectivity index (χ3n) is 4.06. The van der Waals surface area contributed by atoms with Gasteiger partial charge in [-0.2, -0.15) is 0 Å². The Bertz CT molecular complexity index is 1050. The van der Waals surface area contributed by atoms with E-state index in [1.807, 2.05) is 0 Å². The molecular formula is C24H49N10O10P2S2+. The number of esters is 2. The van der Waals surface area contributed by atoms with Gasteiger partial charge >= 0.3 is 47.4 Å². The fourth-order valence-corrected chi connectivity index (χ4v) is 5.46. The fourth-order valence-electron chi connectivity index (χ4n) is 1.99. The summed E-state index contributed by atoms with van der Waals surface area (Å²) < 4.78 is 24.4. The number of carbonyl (C=O) groups is 8. The second-order valence-corrected chi connectivity index (χ2v) is 12.8. The molecule has 276 valence electrons. The zero-order chi connectivity index (χ0) is 38.7. The quantitative estimate of drug-likeness (QED) is 0.0147. The van der Waals surface area contributed by atoms with Crippen molar-refractivity contribution in [2.24, 2.45) is 22.9 Å². The predicted molar refractivity (Wildman–Crippen MR) is 189 cm³/mol. The lowest BCUT2D eigenvalue weighted by Crippen LogP contribution is -2.41. The van der Waals surface area contributed by atoms with Crippen LogP contribution in [0.3, 0.4) is 0 Å². The molecule has 0 fully saturated rings. The van der Waals surface area contributed by atoms with Crippen molar-refractivity contribution in [1.82, 2.24) is 31.9 Å². The summed E-state index contributed by atoms with van der Waals surface area (Å²) in [6, 6.07) is 0. The third-order valence-corrected chi connectivity index (χ3v) is 8.44. The highest BCUT2D eigenvalue weighted by atomic mass is 32.2. The van der Waals surface area contributed by atoms with Gasteiger partial charge in [0.1, 0.15) is 6.92 Å². The minimum atomic E-state index is -1.30. The minimum Gasteiger partial charge on any atom is -0.459 e. The van der Waals surface area contributed by atoms with Gasteiger partial charge in [0.2, 0.25) is 6.61 Å². The average molecular weight is 766 g/mol. The summed E-state index contributed by atoms with van der Waals surface area (Å²) in [5.74, 6) is -6.56. The summed E-state index contributed by atoms with van der Waals surface area (Å²) in [6.07, 6.45) is 0.0968. The van der Waals surface area contributed by atoms with Gasteiger partial charge in [0, 0.05) is 62.8 Å². The van der Waals surface area contributed by atoms with Gasteiger partial charge in [0.05, 0.1) is 20.9 Å². The van der Waals surface area contributed by atoms with E-state index in [0.717, 1.165) is 0 Å². The Hall–Kier alpha value is -2.97. The van der Waals surface area contributed by atoms with Crippen LogP contribution in [-0.4, -0.2) is 138 Å². The summed E-state index contributed by atoms with van der Waals surface area (Å²) in [7, 11) is -2.60. The van der Waals surface area contributed by atoms with Crippen LogP contribution in [-0.2, 0) is 47.8 Å². The molecular weight excluding hydrogens is 714 g/mol. The topological polar surface area (TPSA) is 331 Å². The molecule has 0 radical (unpaired) electrons. The summed E-state index contributed by atoms with van der Waals surface area (Å²) in [6.45, 7) is 6.92. The molecule has 0 aliphatic carbocycles. The molecule has 0 saturated heterocycles. The maximum Gasteiger partial charge on any atom is 0.400 e. The Labute approximate surface area is 294 Å². The van der Waals surface area contributed by atoms with Crippen LogP contribution < -0.4 is 54.8 Å². The van der Waals surface area contributed by atoms with Gasteiger partial charge in [0.25, 0.3) is 0 Å². The van der Waals surface area contributed by atoms with Gasteiger partial charge in [-0.1, -0.05) is 17.1 Å². The highest BCUT2D eigenvalue weighted by Crippen LogP contribution is 2.16. The van der Waals surface area contributed by atoms with Gasteiger partial charge in [-0.3, -0.25) is 28.8 Å². The largest absolute Gasteiger partial charge is 0.459 e. The van der Waals surface area contributed by atoms with Crippen molar-refractivity contribution in [2.75, 3.05) is 87.8 Å². The normalized spacial score (nSPS) is 11.4. The molecule has 0 aliphatic heterocycles. The number of nitrogens with two attached hydrogens (primary N) is 4. The Morgan fingerprint density at radius 2 is 0.979 bits per heavy atom. The van der Waals surface area contributed by atoms with E-state index in [2.05, 4.69) is 48.3 Å². The molecule has 0 rings (SSSR count). The van der Waals surface area contributed by atoms with Crippen LogP contribution >= 0.6 is 40.6 Å². The van der Waals surface area contributed by atoms with E-state index < -0.39 is 64.4 Å². The van der Waals surface area contributed by atoms with Crippen LogP contribution in [0.2, 0.25) is 0 Å². The number of thioether (sulfide) groups is 2. The second kappa shape index (κ2) is 36.9. The average Bonchev–Trinajstić information content (AvgIpc) is 3.11. The number of rotatable bonds is 19. The van der Waals surface area contributed by atoms with Gasteiger partial charge in [-0.25, -0.2) is 9.59 Å². The molecule has 0 aromatic heterocycles. The summed E-state index contributed by atoms with van der Waals surface area (Å²) in [5, 5.41) is 14.0. The first-order valence-corrected chi connectivity index (χ1v) is 18.8. The van der Waals surface area contributed by atoms with Crippen molar-refractivity contribution in [1.29, 1.82) is 2.56 Å². The Balaban J connectivity index is -0.000000799. The van der Waals surface area contributed by atoms with Crippen LogP contribution in [0.5, 0.6) is 0 Å². The molecule has 2 atom stereocenters. The molecule has 6 amide bonds. The van der Waals surface area contributed by atoms with Crippen LogP contribution in [0.4, 0.5) is 0 Å². The van der Waals surface area contributed by atoms with Crippen molar-refractivity contribution in [3.63, 3.8) is 0 Å². The number of amides is 6. The molecule has 48 heavy (non-hydrogen) atoms. The van der Waals surface area contributed by atoms with E-state index in [0.29, 0.717) is 24.1 Å². The standard InChI is InChI=1S/C11H23N6O4PS.C11H17N2O6PS.C2H8N2/c12-1-3-14-8(18)10(20)16-5-22-7-23-6-17-11(21)9(19)15-4-2-13;1-3-18-10(16)8(14)12-5-20-7-21-6-13-9(15)11(17)19-4-2;3-1-2-4/h22H,1-7,12-13H2,(H,14,18)(H,15,19)(H,16,20)(H,17,21);20H,2-7H2,1H3,(H-,12,13,14,15);1-4H2/p+1/i22D;20D;. The fraction of sp³-hybridized carbons (Fsp3) is 0.625. The first kappa shape index (κ1) is 45.0. The maximum atomic E-state index is 11.4. The zero-order valence-electron chi connectivity index (χ0n) is 28.7. The lowest BCUT2D eigenvalue weighted by atomic mass is 10.5. The summed E-state index contributed by atoms with van der Waals surface area (Å²) in [5.41, 5.74) is 20.9. The van der Waals surface area contributed by atoms with E-state index >= 15 is 0 Å². The zero-order valence-corrected chi connectivity index (χ0v) is 30.1. The second-order valence-electron chi connectivity index (χ2n) is 7.77. The molecule has 0 aromatic rings. The Morgan fingerprint density at radius 3 is 1.40 bits per heavy atom. The molecule has 2 unspecified atom stereocenters. The van der Waals surface area contributed by atoms with E-state index in [1.165, 1.54) is 23.5 Å². The van der Waals surface area contributed by atoms with Crippen LogP contribution in [0.25, 0.3) is 0 Å². The number of ether oxygens (including phenoxy) is 2. The van der Waals surface area contributed by atoms with Gasteiger partial charge in [-0.05, 0) is 6.92 Å².